The van der Waals surface area contributed by atoms with E-state index in [0.717, 1.165) is 0 Å². The molecular formula is C10H15ClN2O2. The first-order valence-corrected chi connectivity index (χ1v) is 4.47. The standard InChI is InChI=1S/C10H14N2O2.ClH/c11-5-6-12-10(14)7-8-3-1-2-4-9(8)13;/h1-4,13H,5-7,11H2,(H,12,14);1H. The maximum atomic E-state index is 11.2. The van der Waals surface area contributed by atoms with E-state index in [1.54, 1.807) is 24.3 Å². The van der Waals surface area contributed by atoms with Crippen LogP contribution >= 0.6 is 12.4 Å². The van der Waals surface area contributed by atoms with E-state index in [0.29, 0.717) is 18.7 Å². The fraction of sp³-hybridized carbons (Fsp3) is 0.300. The Labute approximate surface area is 94.9 Å². The number of aromatic hydroxyl groups is 1. The Balaban J connectivity index is 0.00000196. The van der Waals surface area contributed by atoms with Gasteiger partial charge in [-0.3, -0.25) is 4.79 Å². The summed E-state index contributed by atoms with van der Waals surface area (Å²) in [4.78, 5) is 11.2. The molecule has 0 heterocycles. The average Bonchev–Trinajstić information content (AvgIpc) is 2.18. The second-order valence-electron chi connectivity index (χ2n) is 2.94. The molecule has 5 heteroatoms. The lowest BCUT2D eigenvalue weighted by Crippen LogP contribution is -2.30. The normalized spacial score (nSPS) is 9.13. The van der Waals surface area contributed by atoms with Crippen LogP contribution in [0.1, 0.15) is 5.56 Å². The molecule has 15 heavy (non-hydrogen) atoms. The van der Waals surface area contributed by atoms with E-state index in [-0.39, 0.29) is 30.5 Å². The summed E-state index contributed by atoms with van der Waals surface area (Å²) in [5.41, 5.74) is 5.86. The minimum absolute atomic E-state index is 0. The Morgan fingerprint density at radius 3 is 2.67 bits per heavy atom. The first-order valence-electron chi connectivity index (χ1n) is 4.47. The van der Waals surface area contributed by atoms with Crippen LogP contribution in [0.5, 0.6) is 5.75 Å². The number of nitrogens with one attached hydrogen (secondary N) is 1. The van der Waals surface area contributed by atoms with Gasteiger partial charge in [-0.15, -0.1) is 12.4 Å². The topological polar surface area (TPSA) is 75.3 Å². The van der Waals surface area contributed by atoms with Crippen molar-refractivity contribution in [3.05, 3.63) is 29.8 Å². The van der Waals surface area contributed by atoms with Gasteiger partial charge >= 0.3 is 0 Å². The van der Waals surface area contributed by atoms with Gasteiger partial charge in [-0.05, 0) is 6.07 Å². The molecule has 0 radical (unpaired) electrons. The van der Waals surface area contributed by atoms with Crippen LogP contribution in [0.3, 0.4) is 0 Å². The van der Waals surface area contributed by atoms with Crippen molar-refractivity contribution in [1.29, 1.82) is 0 Å². The number of amides is 1. The summed E-state index contributed by atoms with van der Waals surface area (Å²) in [7, 11) is 0. The van der Waals surface area contributed by atoms with E-state index in [4.69, 9.17) is 5.73 Å². The number of benzene rings is 1. The lowest BCUT2D eigenvalue weighted by molar-refractivity contribution is -0.120. The van der Waals surface area contributed by atoms with Gasteiger partial charge in [0.15, 0.2) is 0 Å². The SMILES string of the molecule is Cl.NCCNC(=O)Cc1ccccc1O. The molecule has 4 nitrogen and oxygen atoms in total. The van der Waals surface area contributed by atoms with E-state index in [1.807, 2.05) is 0 Å². The minimum Gasteiger partial charge on any atom is -0.508 e. The van der Waals surface area contributed by atoms with Crippen LogP contribution in [0, 0.1) is 0 Å². The summed E-state index contributed by atoms with van der Waals surface area (Å²) >= 11 is 0. The van der Waals surface area contributed by atoms with Crippen molar-refractivity contribution in [2.75, 3.05) is 13.1 Å². The molecule has 0 unspecified atom stereocenters. The van der Waals surface area contributed by atoms with Gasteiger partial charge in [0.2, 0.25) is 5.91 Å². The molecule has 4 N–H and O–H groups in total. The van der Waals surface area contributed by atoms with E-state index >= 15 is 0 Å². The van der Waals surface area contributed by atoms with Crippen LogP contribution in [0.15, 0.2) is 24.3 Å². The molecule has 1 rings (SSSR count). The van der Waals surface area contributed by atoms with Gasteiger partial charge in [-0.25, -0.2) is 0 Å². The second kappa shape index (κ2) is 7.09. The maximum Gasteiger partial charge on any atom is 0.224 e. The fourth-order valence-electron chi connectivity index (χ4n) is 1.11. The Hall–Kier alpha value is -1.26. The van der Waals surface area contributed by atoms with E-state index in [1.165, 1.54) is 0 Å². The molecule has 0 bridgehead atoms. The zero-order chi connectivity index (χ0) is 10.4. The molecule has 0 aromatic heterocycles. The van der Waals surface area contributed by atoms with Gasteiger partial charge in [0.1, 0.15) is 5.75 Å². The van der Waals surface area contributed by atoms with Crippen LogP contribution < -0.4 is 11.1 Å². The Kier molecular flexibility index (Phi) is 6.49. The molecule has 0 aliphatic rings. The zero-order valence-corrected chi connectivity index (χ0v) is 9.09. The number of hydrogen-bond donors (Lipinski definition) is 3. The number of phenolic OH excluding ortho intramolecular Hbond substituents is 1. The molecule has 1 amide bonds. The van der Waals surface area contributed by atoms with Crippen LogP contribution in [0.25, 0.3) is 0 Å². The molecule has 1 aromatic carbocycles. The van der Waals surface area contributed by atoms with Crippen molar-refractivity contribution in [3.63, 3.8) is 0 Å². The lowest BCUT2D eigenvalue weighted by Gasteiger charge is -2.04. The van der Waals surface area contributed by atoms with E-state index in [2.05, 4.69) is 5.32 Å². The largest absolute Gasteiger partial charge is 0.508 e. The second-order valence-corrected chi connectivity index (χ2v) is 2.94. The lowest BCUT2D eigenvalue weighted by atomic mass is 10.1. The van der Waals surface area contributed by atoms with Gasteiger partial charge in [0, 0.05) is 18.7 Å². The molecule has 0 aliphatic heterocycles. The highest BCUT2D eigenvalue weighted by Crippen LogP contribution is 2.15. The predicted octanol–water partition coefficient (Wildman–Crippen LogP) is 0.431. The summed E-state index contributed by atoms with van der Waals surface area (Å²) in [5.74, 6) is 0.0207. The van der Waals surface area contributed by atoms with Gasteiger partial charge in [-0.1, -0.05) is 18.2 Å². The summed E-state index contributed by atoms with van der Waals surface area (Å²) < 4.78 is 0. The first-order chi connectivity index (χ1) is 6.74. The third-order valence-electron chi connectivity index (χ3n) is 1.81. The molecule has 0 aliphatic carbocycles. The number of phenols is 1. The highest BCUT2D eigenvalue weighted by atomic mass is 35.5. The van der Waals surface area contributed by atoms with Crippen molar-refractivity contribution >= 4 is 18.3 Å². The number of carbonyl (C=O) groups excluding carboxylic acids is 1. The summed E-state index contributed by atoms with van der Waals surface area (Å²) in [6.45, 7) is 0.888. The number of nitrogens with two attached hydrogens (primary N) is 1. The van der Waals surface area contributed by atoms with Gasteiger partial charge < -0.3 is 16.2 Å². The first kappa shape index (κ1) is 13.7. The number of hydrogen-bond acceptors (Lipinski definition) is 3. The van der Waals surface area contributed by atoms with E-state index in [9.17, 15) is 9.90 Å². The molecule has 0 spiro atoms. The Bertz CT molecular complexity index is 318. The number of carbonyl (C=O) groups is 1. The monoisotopic (exact) mass is 230 g/mol. The maximum absolute atomic E-state index is 11.2. The zero-order valence-electron chi connectivity index (χ0n) is 8.27. The summed E-state index contributed by atoms with van der Waals surface area (Å²) in [6, 6.07) is 6.78. The molecule has 0 saturated carbocycles. The molecule has 84 valence electrons. The smallest absolute Gasteiger partial charge is 0.224 e. The van der Waals surface area contributed by atoms with Gasteiger partial charge in [0.05, 0.1) is 6.42 Å². The Morgan fingerprint density at radius 2 is 2.07 bits per heavy atom. The Morgan fingerprint density at radius 1 is 1.40 bits per heavy atom. The van der Waals surface area contributed by atoms with Crippen molar-refractivity contribution in [3.8, 4) is 5.75 Å². The van der Waals surface area contributed by atoms with Crippen molar-refractivity contribution in [2.24, 2.45) is 5.73 Å². The molecule has 0 saturated heterocycles. The van der Waals surface area contributed by atoms with Gasteiger partial charge in [-0.2, -0.15) is 0 Å². The van der Waals surface area contributed by atoms with Crippen LogP contribution in [-0.2, 0) is 11.2 Å². The molecule has 0 atom stereocenters. The third-order valence-corrected chi connectivity index (χ3v) is 1.81. The summed E-state index contributed by atoms with van der Waals surface area (Å²) in [6.07, 6.45) is 0.187. The predicted molar refractivity (Wildman–Crippen MR) is 61.1 cm³/mol. The van der Waals surface area contributed by atoms with Crippen LogP contribution in [0.4, 0.5) is 0 Å². The average molecular weight is 231 g/mol. The summed E-state index contributed by atoms with van der Waals surface area (Å²) in [5, 5.41) is 12.0. The highest BCUT2D eigenvalue weighted by Gasteiger charge is 2.05. The molecule has 0 fully saturated rings. The van der Waals surface area contributed by atoms with Crippen molar-refractivity contribution < 1.29 is 9.90 Å². The van der Waals surface area contributed by atoms with Crippen LogP contribution in [-0.4, -0.2) is 24.1 Å². The quantitative estimate of drug-likeness (QED) is 0.702. The van der Waals surface area contributed by atoms with Crippen LogP contribution in [0.2, 0.25) is 0 Å². The number of halogens is 1. The van der Waals surface area contributed by atoms with E-state index < -0.39 is 0 Å². The van der Waals surface area contributed by atoms with Crippen molar-refractivity contribution in [2.45, 2.75) is 6.42 Å². The highest BCUT2D eigenvalue weighted by molar-refractivity contribution is 5.85. The molecule has 1 aromatic rings. The number of para-hydroxylation sites is 1. The van der Waals surface area contributed by atoms with Gasteiger partial charge in [0.25, 0.3) is 0 Å². The minimum atomic E-state index is -0.128. The molecular weight excluding hydrogens is 216 g/mol. The fourth-order valence-corrected chi connectivity index (χ4v) is 1.11. The third kappa shape index (κ3) is 4.67. The number of rotatable bonds is 4. The van der Waals surface area contributed by atoms with Crippen molar-refractivity contribution in [1.82, 2.24) is 5.32 Å².